The van der Waals surface area contributed by atoms with Crippen molar-refractivity contribution in [3.8, 4) is 0 Å². The van der Waals surface area contributed by atoms with Crippen molar-refractivity contribution in [1.29, 1.82) is 0 Å². The molecule has 3 rings (SSSR count). The largest absolute Gasteiger partial charge is 0.355 e. The van der Waals surface area contributed by atoms with Gasteiger partial charge in [0.25, 0.3) is 0 Å². The van der Waals surface area contributed by atoms with Gasteiger partial charge in [-0.25, -0.2) is 0 Å². The van der Waals surface area contributed by atoms with Gasteiger partial charge in [0.2, 0.25) is 5.91 Å². The molecule has 1 N–H and O–H groups in total. The average molecular weight is 307 g/mol. The number of benzene rings is 1. The SMILES string of the molecule is O=C(CCl)NCC1CN(Cc2ccccc2)CC12CCC2. The van der Waals surface area contributed by atoms with Crippen LogP contribution in [0.4, 0.5) is 0 Å². The molecule has 2 fully saturated rings. The lowest BCUT2D eigenvalue weighted by Crippen LogP contribution is -2.43. The number of likely N-dealkylation sites (tertiary alicyclic amines) is 1. The van der Waals surface area contributed by atoms with E-state index in [0.29, 0.717) is 11.3 Å². The van der Waals surface area contributed by atoms with Crippen LogP contribution < -0.4 is 5.32 Å². The number of hydrogen-bond donors (Lipinski definition) is 1. The first-order valence-electron chi connectivity index (χ1n) is 7.81. The minimum atomic E-state index is -0.0485. The van der Waals surface area contributed by atoms with E-state index in [4.69, 9.17) is 11.6 Å². The zero-order chi connectivity index (χ0) is 14.7. The van der Waals surface area contributed by atoms with Crippen LogP contribution in [-0.4, -0.2) is 36.3 Å². The number of alkyl halides is 1. The average Bonchev–Trinajstić information content (AvgIpc) is 2.84. The second-order valence-corrected chi connectivity index (χ2v) is 6.77. The van der Waals surface area contributed by atoms with Crippen LogP contribution in [0.3, 0.4) is 0 Å². The molecule has 3 nitrogen and oxygen atoms in total. The lowest BCUT2D eigenvalue weighted by atomic mass is 9.63. The summed E-state index contributed by atoms with van der Waals surface area (Å²) in [5, 5.41) is 2.98. The molecule has 1 aliphatic heterocycles. The maximum Gasteiger partial charge on any atom is 0.234 e. The van der Waals surface area contributed by atoms with Gasteiger partial charge in [0.05, 0.1) is 0 Å². The van der Waals surface area contributed by atoms with Gasteiger partial charge in [-0.05, 0) is 29.7 Å². The third kappa shape index (κ3) is 3.24. The molecule has 1 spiro atoms. The summed E-state index contributed by atoms with van der Waals surface area (Å²) in [7, 11) is 0. The number of carbonyl (C=O) groups excluding carboxylic acids is 1. The van der Waals surface area contributed by atoms with E-state index < -0.39 is 0 Å². The fourth-order valence-electron chi connectivity index (χ4n) is 3.87. The molecule has 1 aromatic rings. The Balaban J connectivity index is 1.60. The molecule has 1 saturated carbocycles. The molecule has 1 atom stereocenters. The third-order valence-corrected chi connectivity index (χ3v) is 5.39. The highest BCUT2D eigenvalue weighted by Gasteiger charge is 2.49. The van der Waals surface area contributed by atoms with Gasteiger partial charge in [-0.2, -0.15) is 0 Å². The van der Waals surface area contributed by atoms with Gasteiger partial charge in [0.15, 0.2) is 0 Å². The number of nitrogens with zero attached hydrogens (tertiary/aromatic N) is 1. The molecule has 114 valence electrons. The summed E-state index contributed by atoms with van der Waals surface area (Å²) in [4.78, 5) is 13.9. The summed E-state index contributed by atoms with van der Waals surface area (Å²) < 4.78 is 0. The van der Waals surface area contributed by atoms with Crippen LogP contribution in [0.5, 0.6) is 0 Å². The highest BCUT2D eigenvalue weighted by Crippen LogP contribution is 2.51. The van der Waals surface area contributed by atoms with Crippen LogP contribution in [0, 0.1) is 11.3 Å². The quantitative estimate of drug-likeness (QED) is 0.848. The van der Waals surface area contributed by atoms with Crippen LogP contribution in [0.15, 0.2) is 30.3 Å². The summed E-state index contributed by atoms with van der Waals surface area (Å²) in [5.41, 5.74) is 1.81. The summed E-state index contributed by atoms with van der Waals surface area (Å²) in [5.74, 6) is 0.586. The number of nitrogens with one attached hydrogen (secondary N) is 1. The zero-order valence-corrected chi connectivity index (χ0v) is 13.1. The second-order valence-electron chi connectivity index (χ2n) is 6.51. The number of carbonyl (C=O) groups is 1. The molecule has 2 aliphatic rings. The van der Waals surface area contributed by atoms with Crippen molar-refractivity contribution in [2.75, 3.05) is 25.5 Å². The Kier molecular flexibility index (Phi) is 4.51. The fourth-order valence-corrected chi connectivity index (χ4v) is 3.96. The van der Waals surface area contributed by atoms with Crippen LogP contribution in [0.2, 0.25) is 0 Å². The van der Waals surface area contributed by atoms with E-state index in [9.17, 15) is 4.79 Å². The first-order valence-corrected chi connectivity index (χ1v) is 8.34. The number of rotatable bonds is 5. The molecule has 1 amide bonds. The van der Waals surface area contributed by atoms with E-state index in [1.807, 2.05) is 0 Å². The normalized spacial score (nSPS) is 24.0. The molecule has 1 saturated heterocycles. The van der Waals surface area contributed by atoms with Crippen molar-refractivity contribution in [2.24, 2.45) is 11.3 Å². The lowest BCUT2D eigenvalue weighted by molar-refractivity contribution is -0.119. The predicted molar refractivity (Wildman–Crippen MR) is 85.2 cm³/mol. The molecule has 21 heavy (non-hydrogen) atoms. The number of halogens is 1. The number of amides is 1. The second kappa shape index (κ2) is 6.37. The van der Waals surface area contributed by atoms with Gasteiger partial charge in [-0.15, -0.1) is 11.6 Å². The van der Waals surface area contributed by atoms with E-state index in [1.165, 1.54) is 31.4 Å². The van der Waals surface area contributed by atoms with Crippen molar-refractivity contribution in [1.82, 2.24) is 10.2 Å². The van der Waals surface area contributed by atoms with Gasteiger partial charge >= 0.3 is 0 Å². The van der Waals surface area contributed by atoms with Crippen molar-refractivity contribution < 1.29 is 4.79 Å². The molecule has 4 heteroatoms. The highest BCUT2D eigenvalue weighted by atomic mass is 35.5. The van der Waals surface area contributed by atoms with Gasteiger partial charge < -0.3 is 5.32 Å². The maximum absolute atomic E-state index is 11.4. The van der Waals surface area contributed by atoms with Gasteiger partial charge in [0.1, 0.15) is 5.88 Å². The van der Waals surface area contributed by atoms with E-state index in [2.05, 4.69) is 40.5 Å². The first-order chi connectivity index (χ1) is 10.2. The van der Waals surface area contributed by atoms with Gasteiger partial charge in [-0.3, -0.25) is 9.69 Å². The van der Waals surface area contributed by atoms with Crippen LogP contribution in [0.1, 0.15) is 24.8 Å². The molecule has 1 aromatic carbocycles. The van der Waals surface area contributed by atoms with E-state index in [-0.39, 0.29) is 11.8 Å². The van der Waals surface area contributed by atoms with Gasteiger partial charge in [0, 0.05) is 26.2 Å². The highest BCUT2D eigenvalue weighted by molar-refractivity contribution is 6.27. The van der Waals surface area contributed by atoms with Crippen LogP contribution >= 0.6 is 11.6 Å². The van der Waals surface area contributed by atoms with Crippen LogP contribution in [-0.2, 0) is 11.3 Å². The van der Waals surface area contributed by atoms with Crippen molar-refractivity contribution in [3.05, 3.63) is 35.9 Å². The minimum Gasteiger partial charge on any atom is -0.355 e. The van der Waals surface area contributed by atoms with E-state index in [1.54, 1.807) is 0 Å². The van der Waals surface area contributed by atoms with E-state index in [0.717, 1.165) is 19.6 Å². The molecule has 1 heterocycles. The molecular weight excluding hydrogens is 284 g/mol. The Bertz CT molecular complexity index is 487. The Morgan fingerprint density at radius 2 is 2.10 bits per heavy atom. The molecule has 1 aliphatic carbocycles. The Morgan fingerprint density at radius 3 is 2.71 bits per heavy atom. The van der Waals surface area contributed by atoms with Gasteiger partial charge in [-0.1, -0.05) is 36.8 Å². The monoisotopic (exact) mass is 306 g/mol. The zero-order valence-electron chi connectivity index (χ0n) is 12.4. The summed E-state index contributed by atoms with van der Waals surface area (Å²) >= 11 is 5.57. The predicted octanol–water partition coefficient (Wildman–Crippen LogP) is 2.64. The smallest absolute Gasteiger partial charge is 0.234 e. The van der Waals surface area contributed by atoms with Crippen LogP contribution in [0.25, 0.3) is 0 Å². The molecule has 0 aromatic heterocycles. The molecule has 0 bridgehead atoms. The van der Waals surface area contributed by atoms with Crippen molar-refractivity contribution in [2.45, 2.75) is 25.8 Å². The minimum absolute atomic E-state index is 0.0485. The molecule has 0 radical (unpaired) electrons. The van der Waals surface area contributed by atoms with Crippen molar-refractivity contribution in [3.63, 3.8) is 0 Å². The standard InChI is InChI=1S/C17H23ClN2O/c18-9-16(21)19-10-15-12-20(13-17(15)7-4-8-17)11-14-5-2-1-3-6-14/h1-3,5-6,15H,4,7-13H2,(H,19,21). The Hall–Kier alpha value is -1.06. The van der Waals surface area contributed by atoms with Crippen molar-refractivity contribution >= 4 is 17.5 Å². The molecule has 1 unspecified atom stereocenters. The Morgan fingerprint density at radius 1 is 1.33 bits per heavy atom. The lowest BCUT2D eigenvalue weighted by Gasteiger charge is -2.43. The summed E-state index contributed by atoms with van der Waals surface area (Å²) in [6, 6.07) is 10.6. The summed E-state index contributed by atoms with van der Waals surface area (Å²) in [6.07, 6.45) is 3.94. The first kappa shape index (κ1) is 14.9. The topological polar surface area (TPSA) is 32.3 Å². The molecular formula is C17H23ClN2O. The Labute approximate surface area is 131 Å². The maximum atomic E-state index is 11.4. The number of hydrogen-bond acceptors (Lipinski definition) is 2. The van der Waals surface area contributed by atoms with E-state index >= 15 is 0 Å². The third-order valence-electron chi connectivity index (χ3n) is 5.15. The fraction of sp³-hybridized carbons (Fsp3) is 0.588. The summed E-state index contributed by atoms with van der Waals surface area (Å²) in [6.45, 7) is 4.04.